The van der Waals surface area contributed by atoms with E-state index in [-0.39, 0.29) is 17.8 Å². The van der Waals surface area contributed by atoms with E-state index in [0.29, 0.717) is 29.2 Å². The second kappa shape index (κ2) is 6.24. The first-order valence-corrected chi connectivity index (χ1v) is 8.07. The number of carbonyl (C=O) groups excluding carboxylic acids is 1. The van der Waals surface area contributed by atoms with E-state index in [9.17, 15) is 9.18 Å². The number of hydrogen-bond donors (Lipinski definition) is 1. The van der Waals surface area contributed by atoms with Crippen molar-refractivity contribution in [1.82, 2.24) is 9.88 Å². The summed E-state index contributed by atoms with van der Waals surface area (Å²) in [6.45, 7) is 5.24. The molecule has 0 spiro atoms. The summed E-state index contributed by atoms with van der Waals surface area (Å²) in [6.07, 6.45) is 2.04. The van der Waals surface area contributed by atoms with E-state index in [2.05, 4.69) is 4.98 Å². The summed E-state index contributed by atoms with van der Waals surface area (Å²) in [7, 11) is 0. The van der Waals surface area contributed by atoms with Crippen LogP contribution in [0.25, 0.3) is 10.9 Å². The van der Waals surface area contributed by atoms with Gasteiger partial charge in [0.2, 0.25) is 0 Å². The van der Waals surface area contributed by atoms with Crippen molar-refractivity contribution in [2.45, 2.75) is 32.7 Å². The first-order chi connectivity index (χ1) is 11.0. The van der Waals surface area contributed by atoms with Crippen LogP contribution >= 0.6 is 0 Å². The molecule has 3 rings (SSSR count). The summed E-state index contributed by atoms with van der Waals surface area (Å²) in [5, 5.41) is 0.779. The maximum Gasteiger partial charge on any atom is 0.255 e. The molecule has 1 aliphatic heterocycles. The molecule has 2 heterocycles. The Morgan fingerprint density at radius 2 is 2.22 bits per heavy atom. The number of piperidine rings is 1. The van der Waals surface area contributed by atoms with Gasteiger partial charge in [-0.3, -0.25) is 9.78 Å². The number of amides is 1. The minimum atomic E-state index is -0.320. The Balaban J connectivity index is 1.91. The molecule has 0 aliphatic carbocycles. The number of pyridine rings is 1. The standard InChI is InChI=1S/C18H22FN3O/c1-11(20)14-4-3-7-22(10-14)18(23)16-8-13-5-6-15(19)9-17(13)21-12(16)2/h5-6,8-9,11,14H,3-4,7,10,20H2,1-2H3. The predicted octanol–water partition coefficient (Wildman–Crippen LogP) is 2.88. The van der Waals surface area contributed by atoms with Crippen molar-refractivity contribution >= 4 is 16.8 Å². The van der Waals surface area contributed by atoms with Gasteiger partial charge < -0.3 is 10.6 Å². The normalized spacial score (nSPS) is 19.8. The van der Waals surface area contributed by atoms with E-state index in [0.717, 1.165) is 24.8 Å². The molecule has 1 fully saturated rings. The number of carbonyl (C=O) groups is 1. The third-order valence-corrected chi connectivity index (χ3v) is 4.69. The zero-order valence-corrected chi connectivity index (χ0v) is 13.6. The zero-order chi connectivity index (χ0) is 16.6. The highest BCUT2D eigenvalue weighted by Crippen LogP contribution is 2.23. The third-order valence-electron chi connectivity index (χ3n) is 4.69. The Bertz CT molecular complexity index is 744. The second-order valence-corrected chi connectivity index (χ2v) is 6.47. The number of fused-ring (bicyclic) bond motifs is 1. The molecule has 2 N–H and O–H groups in total. The highest BCUT2D eigenvalue weighted by Gasteiger charge is 2.27. The first-order valence-electron chi connectivity index (χ1n) is 8.07. The Hall–Kier alpha value is -2.01. The fraction of sp³-hybridized carbons (Fsp3) is 0.444. The fourth-order valence-corrected chi connectivity index (χ4v) is 3.25. The van der Waals surface area contributed by atoms with Crippen LogP contribution in [0.1, 0.15) is 35.8 Å². The van der Waals surface area contributed by atoms with E-state index in [1.807, 2.05) is 17.9 Å². The van der Waals surface area contributed by atoms with Gasteiger partial charge in [0.05, 0.1) is 16.8 Å². The third kappa shape index (κ3) is 3.20. The molecule has 0 radical (unpaired) electrons. The number of aromatic nitrogens is 1. The number of halogens is 1. The number of benzene rings is 1. The number of hydrogen-bond acceptors (Lipinski definition) is 3. The number of aryl methyl sites for hydroxylation is 1. The number of nitrogens with two attached hydrogens (primary N) is 1. The van der Waals surface area contributed by atoms with Crippen LogP contribution in [0.15, 0.2) is 24.3 Å². The summed E-state index contributed by atoms with van der Waals surface area (Å²) in [4.78, 5) is 19.1. The minimum Gasteiger partial charge on any atom is -0.338 e. The minimum absolute atomic E-state index is 0.00780. The molecule has 2 aromatic rings. The van der Waals surface area contributed by atoms with Crippen molar-refractivity contribution in [3.63, 3.8) is 0 Å². The quantitative estimate of drug-likeness (QED) is 0.927. The number of likely N-dealkylation sites (tertiary alicyclic amines) is 1. The van der Waals surface area contributed by atoms with Crippen molar-refractivity contribution in [3.8, 4) is 0 Å². The molecule has 2 unspecified atom stereocenters. The Kier molecular flexibility index (Phi) is 4.31. The molecule has 5 heteroatoms. The van der Waals surface area contributed by atoms with Crippen molar-refractivity contribution in [2.75, 3.05) is 13.1 Å². The topological polar surface area (TPSA) is 59.2 Å². The van der Waals surface area contributed by atoms with Gasteiger partial charge in [-0.25, -0.2) is 4.39 Å². The van der Waals surface area contributed by atoms with Gasteiger partial charge in [-0.15, -0.1) is 0 Å². The van der Waals surface area contributed by atoms with Gasteiger partial charge in [0.25, 0.3) is 5.91 Å². The predicted molar refractivity (Wildman–Crippen MR) is 88.7 cm³/mol. The second-order valence-electron chi connectivity index (χ2n) is 6.47. The SMILES string of the molecule is Cc1nc2cc(F)ccc2cc1C(=O)N1CCCC(C(C)N)C1. The van der Waals surface area contributed by atoms with Crippen LogP contribution in [-0.2, 0) is 0 Å². The van der Waals surface area contributed by atoms with E-state index in [4.69, 9.17) is 5.73 Å². The van der Waals surface area contributed by atoms with Crippen molar-refractivity contribution in [3.05, 3.63) is 41.3 Å². The first kappa shape index (κ1) is 15.9. The van der Waals surface area contributed by atoms with Crippen molar-refractivity contribution in [2.24, 2.45) is 11.7 Å². The maximum absolute atomic E-state index is 13.3. The molecule has 1 amide bonds. The van der Waals surface area contributed by atoms with Gasteiger partial charge in [0, 0.05) is 30.6 Å². The summed E-state index contributed by atoms with van der Waals surface area (Å²) in [5.74, 6) is 0.0152. The zero-order valence-electron chi connectivity index (χ0n) is 13.6. The monoisotopic (exact) mass is 315 g/mol. The molecule has 122 valence electrons. The Morgan fingerprint density at radius 3 is 2.96 bits per heavy atom. The average molecular weight is 315 g/mol. The van der Waals surface area contributed by atoms with Gasteiger partial charge in [-0.1, -0.05) is 0 Å². The van der Waals surface area contributed by atoms with Crippen molar-refractivity contribution < 1.29 is 9.18 Å². The molecule has 1 saturated heterocycles. The van der Waals surface area contributed by atoms with Crippen LogP contribution in [0.2, 0.25) is 0 Å². The number of rotatable bonds is 2. The maximum atomic E-state index is 13.3. The Morgan fingerprint density at radius 1 is 1.43 bits per heavy atom. The molecular formula is C18H22FN3O. The summed E-state index contributed by atoms with van der Waals surface area (Å²) >= 11 is 0. The fourth-order valence-electron chi connectivity index (χ4n) is 3.25. The van der Waals surface area contributed by atoms with Gasteiger partial charge in [0.1, 0.15) is 5.82 Å². The molecular weight excluding hydrogens is 293 g/mol. The van der Waals surface area contributed by atoms with Crippen LogP contribution in [0.4, 0.5) is 4.39 Å². The lowest BCUT2D eigenvalue weighted by Crippen LogP contribution is -2.45. The summed E-state index contributed by atoms with van der Waals surface area (Å²) in [6, 6.07) is 6.35. The molecule has 0 bridgehead atoms. The lowest BCUT2D eigenvalue weighted by Gasteiger charge is -2.34. The van der Waals surface area contributed by atoms with Crippen LogP contribution in [0.5, 0.6) is 0 Å². The highest BCUT2D eigenvalue weighted by molar-refractivity contribution is 5.98. The molecule has 1 aromatic heterocycles. The van der Waals surface area contributed by atoms with E-state index >= 15 is 0 Å². The van der Waals surface area contributed by atoms with Crippen LogP contribution in [0.3, 0.4) is 0 Å². The smallest absolute Gasteiger partial charge is 0.255 e. The lowest BCUT2D eigenvalue weighted by molar-refractivity contribution is 0.0660. The highest BCUT2D eigenvalue weighted by atomic mass is 19.1. The van der Waals surface area contributed by atoms with Gasteiger partial charge in [-0.05, 0) is 50.8 Å². The number of nitrogens with zero attached hydrogens (tertiary/aromatic N) is 2. The van der Waals surface area contributed by atoms with Gasteiger partial charge >= 0.3 is 0 Å². The van der Waals surface area contributed by atoms with Crippen LogP contribution in [0, 0.1) is 18.7 Å². The van der Waals surface area contributed by atoms with Crippen LogP contribution in [-0.4, -0.2) is 34.9 Å². The summed E-state index contributed by atoms with van der Waals surface area (Å²) < 4.78 is 13.3. The molecule has 1 aliphatic rings. The van der Waals surface area contributed by atoms with Gasteiger partial charge in [0.15, 0.2) is 0 Å². The molecule has 2 atom stereocenters. The van der Waals surface area contributed by atoms with Gasteiger partial charge in [-0.2, -0.15) is 0 Å². The molecule has 23 heavy (non-hydrogen) atoms. The lowest BCUT2D eigenvalue weighted by atomic mass is 9.91. The van der Waals surface area contributed by atoms with Crippen LogP contribution < -0.4 is 5.73 Å². The summed E-state index contributed by atoms with van der Waals surface area (Å²) in [5.41, 5.74) is 7.80. The van der Waals surface area contributed by atoms with E-state index < -0.39 is 0 Å². The average Bonchev–Trinajstić information content (AvgIpc) is 2.53. The molecule has 1 aromatic carbocycles. The van der Waals surface area contributed by atoms with E-state index in [1.54, 1.807) is 13.0 Å². The Labute approximate surface area is 135 Å². The van der Waals surface area contributed by atoms with Crippen molar-refractivity contribution in [1.29, 1.82) is 0 Å². The molecule has 4 nitrogen and oxygen atoms in total. The largest absolute Gasteiger partial charge is 0.338 e. The molecule has 0 saturated carbocycles. The van der Waals surface area contributed by atoms with E-state index in [1.165, 1.54) is 12.1 Å².